The Balaban J connectivity index is 1.30. The highest BCUT2D eigenvalue weighted by Gasteiger charge is 2.47. The molecule has 0 saturated heterocycles. The average molecular weight is 538 g/mol. The van der Waals surface area contributed by atoms with Crippen LogP contribution in [0.5, 0.6) is 11.5 Å². The summed E-state index contributed by atoms with van der Waals surface area (Å²) in [5, 5.41) is 3.40. The summed E-state index contributed by atoms with van der Waals surface area (Å²) in [6, 6.07) is 47.7. The van der Waals surface area contributed by atoms with E-state index in [2.05, 4.69) is 90.2 Å². The fraction of sp³-hybridized carbons (Fsp3) is 0.184. The van der Waals surface area contributed by atoms with Gasteiger partial charge in [-0.3, -0.25) is 4.79 Å². The van der Waals surface area contributed by atoms with Gasteiger partial charge in [-0.15, -0.1) is 0 Å². The van der Waals surface area contributed by atoms with Crippen molar-refractivity contribution in [1.29, 1.82) is 0 Å². The standard InChI is InChI=1S/C38H35NO2/c40-37(39-28-26-32(30-18-6-2-7-19-30)31-20-8-3-9-21-31)38(27-14-17-29-15-4-1-5-16-29)33-22-10-12-24-35(33)41-36-25-13-11-23-34(36)38/h1-13,15-16,18-25,32H,14,17,26-28H2,(H,39,40). The zero-order chi connectivity index (χ0) is 27.9. The van der Waals surface area contributed by atoms with Gasteiger partial charge >= 0.3 is 0 Å². The molecule has 1 amide bonds. The minimum Gasteiger partial charge on any atom is -0.457 e. The maximum absolute atomic E-state index is 14.6. The van der Waals surface area contributed by atoms with Crippen LogP contribution in [0.15, 0.2) is 140 Å². The van der Waals surface area contributed by atoms with Gasteiger partial charge in [0, 0.05) is 23.6 Å². The smallest absolute Gasteiger partial charge is 0.235 e. The van der Waals surface area contributed by atoms with Crippen LogP contribution in [0.3, 0.4) is 0 Å². The van der Waals surface area contributed by atoms with Crippen molar-refractivity contribution in [3.8, 4) is 11.5 Å². The predicted molar refractivity (Wildman–Crippen MR) is 165 cm³/mol. The second kappa shape index (κ2) is 12.3. The Morgan fingerprint density at radius 3 is 1.68 bits per heavy atom. The molecule has 1 heterocycles. The van der Waals surface area contributed by atoms with Crippen LogP contribution >= 0.6 is 0 Å². The van der Waals surface area contributed by atoms with E-state index in [1.54, 1.807) is 0 Å². The molecule has 1 aliphatic rings. The molecule has 0 radical (unpaired) electrons. The molecule has 1 N–H and O–H groups in total. The molecular formula is C38H35NO2. The molecule has 204 valence electrons. The van der Waals surface area contributed by atoms with Crippen molar-refractivity contribution in [2.75, 3.05) is 6.54 Å². The number of hydrogen-bond acceptors (Lipinski definition) is 2. The highest BCUT2D eigenvalue weighted by atomic mass is 16.5. The molecule has 0 atom stereocenters. The average Bonchev–Trinajstić information content (AvgIpc) is 3.04. The van der Waals surface area contributed by atoms with E-state index in [1.807, 2.05) is 54.6 Å². The third-order valence-corrected chi connectivity index (χ3v) is 8.28. The number of rotatable bonds is 10. The van der Waals surface area contributed by atoms with E-state index >= 15 is 0 Å². The first-order chi connectivity index (χ1) is 20.3. The van der Waals surface area contributed by atoms with E-state index in [0.717, 1.165) is 41.9 Å². The third-order valence-electron chi connectivity index (χ3n) is 8.28. The summed E-state index contributed by atoms with van der Waals surface area (Å²) in [7, 11) is 0. The van der Waals surface area contributed by atoms with E-state index in [4.69, 9.17) is 4.74 Å². The molecular weight excluding hydrogens is 502 g/mol. The number of fused-ring (bicyclic) bond motifs is 2. The zero-order valence-electron chi connectivity index (χ0n) is 23.2. The normalized spacial score (nSPS) is 13.1. The van der Waals surface area contributed by atoms with Gasteiger partial charge in [0.05, 0.1) is 0 Å². The minimum absolute atomic E-state index is 0.0358. The fourth-order valence-electron chi connectivity index (χ4n) is 6.29. The van der Waals surface area contributed by atoms with E-state index in [1.165, 1.54) is 16.7 Å². The van der Waals surface area contributed by atoms with Gasteiger partial charge < -0.3 is 10.1 Å². The van der Waals surface area contributed by atoms with E-state index in [0.29, 0.717) is 13.0 Å². The van der Waals surface area contributed by atoms with Gasteiger partial charge in [-0.2, -0.15) is 0 Å². The highest BCUT2D eigenvalue weighted by Crippen LogP contribution is 2.50. The molecule has 41 heavy (non-hydrogen) atoms. The van der Waals surface area contributed by atoms with Crippen molar-refractivity contribution in [1.82, 2.24) is 5.32 Å². The fourth-order valence-corrected chi connectivity index (χ4v) is 6.29. The Kier molecular flexibility index (Phi) is 7.95. The van der Waals surface area contributed by atoms with Crippen molar-refractivity contribution >= 4 is 5.91 Å². The van der Waals surface area contributed by atoms with E-state index < -0.39 is 5.41 Å². The van der Waals surface area contributed by atoms with Gasteiger partial charge in [-0.25, -0.2) is 0 Å². The van der Waals surface area contributed by atoms with Crippen LogP contribution in [0.2, 0.25) is 0 Å². The van der Waals surface area contributed by atoms with Gasteiger partial charge in [0.25, 0.3) is 0 Å². The molecule has 5 aromatic rings. The third kappa shape index (κ3) is 5.53. The van der Waals surface area contributed by atoms with Crippen molar-refractivity contribution < 1.29 is 9.53 Å². The number of ether oxygens (including phenoxy) is 1. The van der Waals surface area contributed by atoms with Crippen LogP contribution in [-0.4, -0.2) is 12.5 Å². The van der Waals surface area contributed by atoms with Crippen molar-refractivity contribution in [2.45, 2.75) is 37.0 Å². The van der Waals surface area contributed by atoms with Crippen LogP contribution in [0.25, 0.3) is 0 Å². The first-order valence-corrected chi connectivity index (χ1v) is 14.5. The first-order valence-electron chi connectivity index (χ1n) is 14.5. The van der Waals surface area contributed by atoms with E-state index in [-0.39, 0.29) is 11.8 Å². The van der Waals surface area contributed by atoms with E-state index in [9.17, 15) is 4.79 Å². The van der Waals surface area contributed by atoms with Crippen LogP contribution in [-0.2, 0) is 16.6 Å². The number of carbonyl (C=O) groups is 1. The molecule has 0 fully saturated rings. The molecule has 3 heteroatoms. The maximum Gasteiger partial charge on any atom is 0.235 e. The van der Waals surface area contributed by atoms with Gasteiger partial charge in [-0.05, 0) is 54.5 Å². The minimum atomic E-state index is -0.838. The largest absolute Gasteiger partial charge is 0.457 e. The monoisotopic (exact) mass is 537 g/mol. The number of para-hydroxylation sites is 2. The molecule has 5 aromatic carbocycles. The number of nitrogens with one attached hydrogen (secondary N) is 1. The molecule has 0 bridgehead atoms. The topological polar surface area (TPSA) is 38.3 Å². The summed E-state index contributed by atoms with van der Waals surface area (Å²) < 4.78 is 6.33. The summed E-state index contributed by atoms with van der Waals surface area (Å²) in [5.74, 6) is 1.75. The molecule has 0 spiro atoms. The summed E-state index contributed by atoms with van der Waals surface area (Å²) >= 11 is 0. The van der Waals surface area contributed by atoms with Crippen molar-refractivity contribution in [2.24, 2.45) is 0 Å². The highest BCUT2D eigenvalue weighted by molar-refractivity contribution is 5.94. The SMILES string of the molecule is O=C(NCCC(c1ccccc1)c1ccccc1)C1(CCCc2ccccc2)c2ccccc2Oc2ccccc21. The summed E-state index contributed by atoms with van der Waals surface area (Å²) in [6.45, 7) is 0.568. The lowest BCUT2D eigenvalue weighted by Gasteiger charge is -2.39. The lowest BCUT2D eigenvalue weighted by molar-refractivity contribution is -0.125. The second-order valence-corrected chi connectivity index (χ2v) is 10.8. The number of benzene rings is 5. The number of amides is 1. The Labute approximate surface area is 242 Å². The van der Waals surface area contributed by atoms with Crippen molar-refractivity contribution in [3.63, 3.8) is 0 Å². The molecule has 1 aliphatic heterocycles. The predicted octanol–water partition coefficient (Wildman–Crippen LogP) is 8.44. The first kappa shape index (κ1) is 26.6. The molecule has 3 nitrogen and oxygen atoms in total. The van der Waals surface area contributed by atoms with Crippen LogP contribution in [0.4, 0.5) is 0 Å². The summed E-state index contributed by atoms with van der Waals surface area (Å²) in [6.07, 6.45) is 3.27. The Bertz CT molecular complexity index is 1500. The molecule has 0 aliphatic carbocycles. The number of aryl methyl sites for hydroxylation is 1. The Hall–Kier alpha value is -4.63. The zero-order valence-corrected chi connectivity index (χ0v) is 23.2. The molecule has 6 rings (SSSR count). The second-order valence-electron chi connectivity index (χ2n) is 10.8. The summed E-state index contributed by atoms with van der Waals surface area (Å²) in [5.41, 5.74) is 4.83. The lowest BCUT2D eigenvalue weighted by Crippen LogP contribution is -2.47. The molecule has 0 saturated carbocycles. The van der Waals surface area contributed by atoms with Crippen LogP contribution in [0, 0.1) is 0 Å². The Morgan fingerprint density at radius 1 is 0.634 bits per heavy atom. The Morgan fingerprint density at radius 2 is 1.12 bits per heavy atom. The maximum atomic E-state index is 14.6. The van der Waals surface area contributed by atoms with Gasteiger partial charge in [-0.1, -0.05) is 127 Å². The van der Waals surface area contributed by atoms with Gasteiger partial charge in [0.15, 0.2) is 0 Å². The number of carbonyl (C=O) groups excluding carboxylic acids is 1. The van der Waals surface area contributed by atoms with Gasteiger partial charge in [0.1, 0.15) is 16.9 Å². The van der Waals surface area contributed by atoms with Crippen molar-refractivity contribution in [3.05, 3.63) is 167 Å². The van der Waals surface area contributed by atoms with Crippen LogP contribution < -0.4 is 10.1 Å². The number of hydrogen-bond donors (Lipinski definition) is 1. The molecule has 0 aromatic heterocycles. The quantitative estimate of drug-likeness (QED) is 0.194. The van der Waals surface area contributed by atoms with Crippen LogP contribution in [0.1, 0.15) is 53.0 Å². The summed E-state index contributed by atoms with van der Waals surface area (Å²) in [4.78, 5) is 14.6. The van der Waals surface area contributed by atoms with Gasteiger partial charge in [0.2, 0.25) is 5.91 Å². The lowest BCUT2D eigenvalue weighted by atomic mass is 9.68. The molecule has 0 unspecified atom stereocenters.